The van der Waals surface area contributed by atoms with E-state index in [9.17, 15) is 14.4 Å². The summed E-state index contributed by atoms with van der Waals surface area (Å²) in [6.45, 7) is 4.44. The number of piperidine rings is 2. The Morgan fingerprint density at radius 3 is 2.14 bits per heavy atom. The number of hydrogen-bond donors (Lipinski definition) is 1. The van der Waals surface area contributed by atoms with E-state index in [-0.39, 0.29) is 23.6 Å². The van der Waals surface area contributed by atoms with Gasteiger partial charge in [-0.3, -0.25) is 14.4 Å². The molecule has 0 bridgehead atoms. The SMILES string of the molecule is COc1ccccc1C(=O)N1CCC([C@@H](NC(=O)c2ccccc2C)C(=O)N2CCCCC2)CC1. The Hall–Kier alpha value is -3.35. The van der Waals surface area contributed by atoms with E-state index < -0.39 is 6.04 Å². The van der Waals surface area contributed by atoms with Crippen LogP contribution in [0, 0.1) is 12.8 Å². The van der Waals surface area contributed by atoms with E-state index in [1.807, 2.05) is 47.1 Å². The van der Waals surface area contributed by atoms with Crippen molar-refractivity contribution in [2.45, 2.75) is 45.1 Å². The molecular weight excluding hydrogens is 442 g/mol. The van der Waals surface area contributed by atoms with Crippen molar-refractivity contribution in [1.29, 1.82) is 0 Å². The molecule has 0 radical (unpaired) electrons. The Balaban J connectivity index is 1.48. The molecule has 2 heterocycles. The number of carbonyl (C=O) groups is 3. The number of para-hydroxylation sites is 1. The molecule has 0 aromatic heterocycles. The minimum absolute atomic E-state index is 0.00105. The largest absolute Gasteiger partial charge is 0.496 e. The third-order valence-electron chi connectivity index (χ3n) is 7.25. The summed E-state index contributed by atoms with van der Waals surface area (Å²) in [6.07, 6.45) is 4.43. The summed E-state index contributed by atoms with van der Waals surface area (Å²) in [6, 6.07) is 14.1. The van der Waals surface area contributed by atoms with Crippen LogP contribution in [-0.4, -0.2) is 66.9 Å². The Morgan fingerprint density at radius 1 is 0.857 bits per heavy atom. The van der Waals surface area contributed by atoms with Crippen LogP contribution in [-0.2, 0) is 4.79 Å². The highest BCUT2D eigenvalue weighted by Crippen LogP contribution is 2.27. The van der Waals surface area contributed by atoms with Gasteiger partial charge in [-0.2, -0.15) is 0 Å². The first kappa shape index (κ1) is 24.8. The fourth-order valence-corrected chi connectivity index (χ4v) is 5.17. The highest BCUT2D eigenvalue weighted by molar-refractivity contribution is 5.99. The van der Waals surface area contributed by atoms with Gasteiger partial charge in [-0.1, -0.05) is 30.3 Å². The molecule has 3 amide bonds. The number of rotatable bonds is 6. The molecule has 2 aliphatic rings. The highest BCUT2D eigenvalue weighted by Gasteiger charge is 2.37. The first-order valence-electron chi connectivity index (χ1n) is 12.6. The topological polar surface area (TPSA) is 79.0 Å². The predicted molar refractivity (Wildman–Crippen MR) is 134 cm³/mol. The lowest BCUT2D eigenvalue weighted by Gasteiger charge is -2.38. The number of methoxy groups -OCH3 is 1. The maximum Gasteiger partial charge on any atom is 0.257 e. The summed E-state index contributed by atoms with van der Waals surface area (Å²) in [5.41, 5.74) is 2.02. The summed E-state index contributed by atoms with van der Waals surface area (Å²) in [5, 5.41) is 3.08. The number of aryl methyl sites for hydroxylation is 1. The average Bonchev–Trinajstić information content (AvgIpc) is 2.91. The summed E-state index contributed by atoms with van der Waals surface area (Å²) in [5.74, 6) is 0.248. The fourth-order valence-electron chi connectivity index (χ4n) is 5.17. The van der Waals surface area contributed by atoms with Crippen molar-refractivity contribution in [2.24, 2.45) is 5.92 Å². The van der Waals surface area contributed by atoms with Gasteiger partial charge in [-0.05, 0) is 68.7 Å². The average molecular weight is 478 g/mol. The maximum atomic E-state index is 13.6. The number of benzene rings is 2. The predicted octanol–water partition coefficient (Wildman–Crippen LogP) is 3.67. The van der Waals surface area contributed by atoms with Crippen molar-refractivity contribution in [2.75, 3.05) is 33.3 Å². The van der Waals surface area contributed by atoms with Gasteiger partial charge in [0.05, 0.1) is 12.7 Å². The van der Waals surface area contributed by atoms with Gasteiger partial charge in [0.25, 0.3) is 11.8 Å². The third kappa shape index (κ3) is 5.66. The molecule has 2 aromatic carbocycles. The van der Waals surface area contributed by atoms with Crippen molar-refractivity contribution >= 4 is 17.7 Å². The smallest absolute Gasteiger partial charge is 0.257 e. The van der Waals surface area contributed by atoms with E-state index >= 15 is 0 Å². The first-order chi connectivity index (χ1) is 17.0. The fraction of sp³-hybridized carbons (Fsp3) is 0.464. The van der Waals surface area contributed by atoms with Crippen LogP contribution in [0.15, 0.2) is 48.5 Å². The van der Waals surface area contributed by atoms with Crippen molar-refractivity contribution in [3.05, 3.63) is 65.2 Å². The summed E-state index contributed by atoms with van der Waals surface area (Å²) in [7, 11) is 1.56. The van der Waals surface area contributed by atoms with Gasteiger partial charge in [-0.25, -0.2) is 0 Å². The molecule has 0 spiro atoms. The molecule has 7 heteroatoms. The van der Waals surface area contributed by atoms with Crippen molar-refractivity contribution < 1.29 is 19.1 Å². The van der Waals surface area contributed by atoms with E-state index in [4.69, 9.17) is 4.74 Å². The van der Waals surface area contributed by atoms with Crippen molar-refractivity contribution in [3.63, 3.8) is 0 Å². The molecule has 1 N–H and O–H groups in total. The molecule has 0 aliphatic carbocycles. The lowest BCUT2D eigenvalue weighted by Crippen LogP contribution is -2.55. The molecule has 0 saturated carbocycles. The second-order valence-electron chi connectivity index (χ2n) is 9.48. The molecule has 2 aromatic rings. The number of hydrogen-bond acceptors (Lipinski definition) is 4. The minimum atomic E-state index is -0.594. The Labute approximate surface area is 207 Å². The van der Waals surface area contributed by atoms with Gasteiger partial charge >= 0.3 is 0 Å². The zero-order valence-electron chi connectivity index (χ0n) is 20.7. The van der Waals surface area contributed by atoms with Crippen LogP contribution in [0.2, 0.25) is 0 Å². The van der Waals surface area contributed by atoms with Crippen LogP contribution in [0.25, 0.3) is 0 Å². The molecule has 2 fully saturated rings. The second kappa shape index (κ2) is 11.4. The third-order valence-corrected chi connectivity index (χ3v) is 7.25. The molecular formula is C28H35N3O4. The number of carbonyl (C=O) groups excluding carboxylic acids is 3. The monoisotopic (exact) mass is 477 g/mol. The molecule has 2 aliphatic heterocycles. The van der Waals surface area contributed by atoms with Crippen LogP contribution in [0.5, 0.6) is 5.75 Å². The second-order valence-corrected chi connectivity index (χ2v) is 9.48. The number of nitrogens with zero attached hydrogens (tertiary/aromatic N) is 2. The molecule has 186 valence electrons. The van der Waals surface area contributed by atoms with Gasteiger partial charge in [0, 0.05) is 31.7 Å². The molecule has 0 unspecified atom stereocenters. The van der Waals surface area contributed by atoms with E-state index in [1.54, 1.807) is 25.3 Å². The number of nitrogens with one attached hydrogen (secondary N) is 1. The van der Waals surface area contributed by atoms with Crippen molar-refractivity contribution in [3.8, 4) is 5.75 Å². The lowest BCUT2D eigenvalue weighted by atomic mass is 9.87. The van der Waals surface area contributed by atoms with Crippen LogP contribution < -0.4 is 10.1 Å². The summed E-state index contributed by atoms with van der Waals surface area (Å²) >= 11 is 0. The van der Waals surface area contributed by atoms with Crippen LogP contribution in [0.3, 0.4) is 0 Å². The Bertz CT molecular complexity index is 1060. The molecule has 2 saturated heterocycles. The maximum absolute atomic E-state index is 13.6. The Morgan fingerprint density at radius 2 is 1.49 bits per heavy atom. The number of likely N-dealkylation sites (tertiary alicyclic amines) is 2. The van der Waals surface area contributed by atoms with Gasteiger partial charge in [0.1, 0.15) is 11.8 Å². The van der Waals surface area contributed by atoms with Crippen LogP contribution >= 0.6 is 0 Å². The van der Waals surface area contributed by atoms with Gasteiger partial charge in [0.15, 0.2) is 0 Å². The van der Waals surface area contributed by atoms with E-state index in [0.717, 1.165) is 37.9 Å². The van der Waals surface area contributed by atoms with Crippen molar-refractivity contribution in [1.82, 2.24) is 15.1 Å². The molecule has 4 rings (SSSR count). The lowest BCUT2D eigenvalue weighted by molar-refractivity contribution is -0.136. The van der Waals surface area contributed by atoms with E-state index in [2.05, 4.69) is 5.32 Å². The quantitative estimate of drug-likeness (QED) is 0.689. The standard InChI is InChI=1S/C28H35N3O4/c1-20-10-4-5-11-22(20)26(32)29-25(28(34)30-16-8-3-9-17-30)21-14-18-31(19-15-21)27(33)23-12-6-7-13-24(23)35-2/h4-7,10-13,21,25H,3,8-9,14-19H2,1-2H3,(H,29,32)/t25-/m1/s1. The Kier molecular flexibility index (Phi) is 8.06. The molecule has 1 atom stereocenters. The van der Waals surface area contributed by atoms with Crippen LogP contribution in [0.1, 0.15) is 58.4 Å². The zero-order chi connectivity index (χ0) is 24.8. The van der Waals surface area contributed by atoms with Gasteiger partial charge in [-0.15, -0.1) is 0 Å². The normalized spacial score (nSPS) is 17.5. The van der Waals surface area contributed by atoms with Gasteiger partial charge < -0.3 is 19.9 Å². The highest BCUT2D eigenvalue weighted by atomic mass is 16.5. The molecule has 35 heavy (non-hydrogen) atoms. The van der Waals surface area contributed by atoms with E-state index in [0.29, 0.717) is 42.8 Å². The zero-order valence-corrected chi connectivity index (χ0v) is 20.7. The summed E-state index contributed by atoms with van der Waals surface area (Å²) < 4.78 is 5.37. The first-order valence-corrected chi connectivity index (χ1v) is 12.6. The number of amides is 3. The number of ether oxygens (including phenoxy) is 1. The van der Waals surface area contributed by atoms with Gasteiger partial charge in [0.2, 0.25) is 5.91 Å². The van der Waals surface area contributed by atoms with Crippen LogP contribution in [0.4, 0.5) is 0 Å². The molecule has 7 nitrogen and oxygen atoms in total. The summed E-state index contributed by atoms with van der Waals surface area (Å²) in [4.78, 5) is 43.6. The van der Waals surface area contributed by atoms with E-state index in [1.165, 1.54) is 0 Å². The minimum Gasteiger partial charge on any atom is -0.496 e.